The number of aromatic nitrogens is 3. The first-order valence-electron chi connectivity index (χ1n) is 8.40. The van der Waals surface area contributed by atoms with Crippen molar-refractivity contribution in [1.82, 2.24) is 14.5 Å². The normalized spacial score (nSPS) is 30.4. The van der Waals surface area contributed by atoms with Crippen molar-refractivity contribution in [2.75, 3.05) is 6.61 Å². The number of nitrogens with zero attached hydrogens (tertiary/aromatic N) is 3. The lowest BCUT2D eigenvalue weighted by Crippen LogP contribution is -2.33. The number of hydrogen-bond acceptors (Lipinski definition) is 7. The van der Waals surface area contributed by atoms with Gasteiger partial charge >= 0.3 is 0 Å². The van der Waals surface area contributed by atoms with Crippen LogP contribution >= 0.6 is 11.6 Å². The van der Waals surface area contributed by atoms with Gasteiger partial charge in [-0.1, -0.05) is 11.6 Å². The highest BCUT2D eigenvalue weighted by atomic mass is 35.5. The van der Waals surface area contributed by atoms with E-state index in [0.29, 0.717) is 21.9 Å². The second kappa shape index (κ2) is 6.69. The van der Waals surface area contributed by atoms with Gasteiger partial charge in [0.15, 0.2) is 11.9 Å². The van der Waals surface area contributed by atoms with Crippen molar-refractivity contribution < 1.29 is 24.8 Å². The first-order chi connectivity index (χ1) is 12.1. The molecule has 2 aromatic rings. The molecule has 8 nitrogen and oxygen atoms in total. The molecule has 0 unspecified atom stereocenters. The molecule has 25 heavy (non-hydrogen) atoms. The molecule has 0 bridgehead atoms. The van der Waals surface area contributed by atoms with Crippen molar-refractivity contribution in [3.8, 4) is 5.88 Å². The Morgan fingerprint density at radius 2 is 2.00 bits per heavy atom. The maximum atomic E-state index is 10.3. The zero-order chi connectivity index (χ0) is 17.6. The molecule has 4 rings (SSSR count). The summed E-state index contributed by atoms with van der Waals surface area (Å²) in [5, 5.41) is 30.4. The van der Waals surface area contributed by atoms with Crippen LogP contribution in [0.3, 0.4) is 0 Å². The number of fused-ring (bicyclic) bond motifs is 1. The third-order valence-electron chi connectivity index (χ3n) is 4.90. The number of hydrogen-bond donors (Lipinski definition) is 3. The van der Waals surface area contributed by atoms with Crippen molar-refractivity contribution in [3.63, 3.8) is 0 Å². The molecule has 1 aliphatic heterocycles. The minimum Gasteiger partial charge on any atom is -0.474 e. The van der Waals surface area contributed by atoms with E-state index in [1.54, 1.807) is 10.8 Å². The zero-order valence-corrected chi connectivity index (χ0v) is 14.2. The Balaban J connectivity index is 1.71. The molecule has 0 spiro atoms. The van der Waals surface area contributed by atoms with Gasteiger partial charge in [-0.15, -0.1) is 0 Å². The predicted octanol–water partition coefficient (Wildman–Crippen LogP) is 1.02. The summed E-state index contributed by atoms with van der Waals surface area (Å²) in [6.07, 6.45) is 3.13. The van der Waals surface area contributed by atoms with Gasteiger partial charge in [0.2, 0.25) is 5.88 Å². The molecule has 0 amide bonds. The van der Waals surface area contributed by atoms with E-state index in [1.165, 1.54) is 6.33 Å². The maximum Gasteiger partial charge on any atom is 0.227 e. The molecule has 0 aromatic carbocycles. The minimum absolute atomic E-state index is 0.117. The largest absolute Gasteiger partial charge is 0.474 e. The van der Waals surface area contributed by atoms with Crippen LogP contribution in [0.25, 0.3) is 11.0 Å². The molecule has 3 N–H and O–H groups in total. The quantitative estimate of drug-likeness (QED) is 0.738. The molecule has 0 radical (unpaired) electrons. The standard InChI is InChI=1S/C16H20ClN3O5/c17-9-5-20(16-13(23)12(22)10(6-21)25-16)14-11(9)15(19-7-18-14)24-8-3-1-2-4-8/h5,7-8,10,12-13,16,21-23H,1-4,6H2/t10-,12-,13-,16-/m1/s1. The summed E-state index contributed by atoms with van der Waals surface area (Å²) >= 11 is 6.37. The first-order valence-corrected chi connectivity index (χ1v) is 8.78. The van der Waals surface area contributed by atoms with E-state index in [9.17, 15) is 15.3 Å². The van der Waals surface area contributed by atoms with Crippen LogP contribution in [0, 0.1) is 0 Å². The number of ether oxygens (including phenoxy) is 2. The molecule has 1 aliphatic carbocycles. The second-order valence-corrected chi connectivity index (χ2v) is 6.92. The van der Waals surface area contributed by atoms with Crippen molar-refractivity contribution >= 4 is 22.6 Å². The van der Waals surface area contributed by atoms with Gasteiger partial charge < -0.3 is 29.4 Å². The smallest absolute Gasteiger partial charge is 0.227 e. The molecule has 136 valence electrons. The fraction of sp³-hybridized carbons (Fsp3) is 0.625. The van der Waals surface area contributed by atoms with Gasteiger partial charge in [0.05, 0.1) is 17.0 Å². The van der Waals surface area contributed by atoms with Crippen LogP contribution in [0.5, 0.6) is 5.88 Å². The summed E-state index contributed by atoms with van der Waals surface area (Å²) in [6, 6.07) is 0. The Bertz CT molecular complexity index is 764. The van der Waals surface area contributed by atoms with E-state index >= 15 is 0 Å². The van der Waals surface area contributed by atoms with Crippen LogP contribution in [0.1, 0.15) is 31.9 Å². The molecule has 2 aliphatic rings. The third-order valence-corrected chi connectivity index (χ3v) is 5.19. The van der Waals surface area contributed by atoms with Crippen LogP contribution in [0.15, 0.2) is 12.5 Å². The van der Waals surface area contributed by atoms with E-state index in [4.69, 9.17) is 21.1 Å². The van der Waals surface area contributed by atoms with E-state index in [1.807, 2.05) is 0 Å². The number of aliphatic hydroxyl groups is 3. The molecule has 9 heteroatoms. The lowest BCUT2D eigenvalue weighted by molar-refractivity contribution is -0.0508. The highest BCUT2D eigenvalue weighted by Gasteiger charge is 2.44. The van der Waals surface area contributed by atoms with E-state index in [0.717, 1.165) is 25.7 Å². The van der Waals surface area contributed by atoms with Gasteiger partial charge in [0, 0.05) is 6.20 Å². The van der Waals surface area contributed by atoms with E-state index in [-0.39, 0.29) is 6.10 Å². The van der Waals surface area contributed by atoms with Crippen LogP contribution in [-0.4, -0.2) is 60.9 Å². The van der Waals surface area contributed by atoms with Crippen molar-refractivity contribution in [1.29, 1.82) is 0 Å². The Hall–Kier alpha value is -1.45. The molecule has 4 atom stereocenters. The van der Waals surface area contributed by atoms with Gasteiger partial charge in [-0.05, 0) is 25.7 Å². The molecule has 1 saturated carbocycles. The summed E-state index contributed by atoms with van der Waals surface area (Å²) in [6.45, 7) is -0.396. The lowest BCUT2D eigenvalue weighted by Gasteiger charge is -2.17. The summed E-state index contributed by atoms with van der Waals surface area (Å²) in [5.74, 6) is 0.410. The van der Waals surface area contributed by atoms with Crippen molar-refractivity contribution in [2.45, 2.75) is 56.3 Å². The van der Waals surface area contributed by atoms with Crippen LogP contribution in [-0.2, 0) is 4.74 Å². The number of halogens is 1. The predicted molar refractivity (Wildman–Crippen MR) is 88.4 cm³/mol. The fourth-order valence-electron chi connectivity index (χ4n) is 3.57. The summed E-state index contributed by atoms with van der Waals surface area (Å²) in [5.41, 5.74) is 0.447. The summed E-state index contributed by atoms with van der Waals surface area (Å²) in [7, 11) is 0. The lowest BCUT2D eigenvalue weighted by atomic mass is 10.1. The summed E-state index contributed by atoms with van der Waals surface area (Å²) < 4.78 is 13.1. The van der Waals surface area contributed by atoms with E-state index in [2.05, 4.69) is 9.97 Å². The summed E-state index contributed by atoms with van der Waals surface area (Å²) in [4.78, 5) is 8.46. The molecule has 2 aromatic heterocycles. The topological polar surface area (TPSA) is 110 Å². The molecule has 3 heterocycles. The molecular weight excluding hydrogens is 350 g/mol. The van der Waals surface area contributed by atoms with Gasteiger partial charge in [0.25, 0.3) is 0 Å². The zero-order valence-electron chi connectivity index (χ0n) is 13.5. The SMILES string of the molecule is OC[C@H]1O[C@@H](n2cc(Cl)c3c(OC4CCCC4)ncnc32)[C@H](O)[C@@H]1O. The van der Waals surface area contributed by atoms with E-state index < -0.39 is 31.1 Å². The Morgan fingerprint density at radius 1 is 1.24 bits per heavy atom. The van der Waals surface area contributed by atoms with Gasteiger partial charge in [-0.3, -0.25) is 0 Å². The Kier molecular flexibility index (Phi) is 4.55. The average Bonchev–Trinajstić information content (AvgIpc) is 3.30. The third kappa shape index (κ3) is 2.88. The Labute approximate surface area is 149 Å². The Morgan fingerprint density at radius 3 is 2.68 bits per heavy atom. The van der Waals surface area contributed by atoms with Crippen molar-refractivity contribution in [3.05, 3.63) is 17.5 Å². The number of aliphatic hydroxyl groups excluding tert-OH is 3. The molecule has 1 saturated heterocycles. The maximum absolute atomic E-state index is 10.3. The molecular formula is C16H20ClN3O5. The highest BCUT2D eigenvalue weighted by molar-refractivity contribution is 6.36. The van der Waals surface area contributed by atoms with Crippen LogP contribution < -0.4 is 4.74 Å². The van der Waals surface area contributed by atoms with Crippen molar-refractivity contribution in [2.24, 2.45) is 0 Å². The second-order valence-electron chi connectivity index (χ2n) is 6.51. The minimum atomic E-state index is -1.21. The first kappa shape index (κ1) is 17.0. The average molecular weight is 370 g/mol. The van der Waals surface area contributed by atoms with Gasteiger partial charge in [-0.25, -0.2) is 9.97 Å². The number of rotatable bonds is 4. The van der Waals surface area contributed by atoms with Gasteiger partial charge in [-0.2, -0.15) is 0 Å². The van der Waals surface area contributed by atoms with Crippen LogP contribution in [0.2, 0.25) is 5.02 Å². The van der Waals surface area contributed by atoms with Gasteiger partial charge in [0.1, 0.15) is 30.7 Å². The molecule has 2 fully saturated rings. The monoisotopic (exact) mass is 369 g/mol. The van der Waals surface area contributed by atoms with Crippen LogP contribution in [0.4, 0.5) is 0 Å². The highest BCUT2D eigenvalue weighted by Crippen LogP contribution is 2.38. The fourth-order valence-corrected chi connectivity index (χ4v) is 3.84.